The first kappa shape index (κ1) is 19.4. The van der Waals surface area contributed by atoms with Crippen molar-refractivity contribution in [3.05, 3.63) is 54.4 Å². The van der Waals surface area contributed by atoms with E-state index in [0.29, 0.717) is 11.3 Å². The number of nitrogens with two attached hydrogens (primary N) is 1. The maximum Gasteiger partial charge on any atom is 0.347 e. The van der Waals surface area contributed by atoms with Crippen molar-refractivity contribution in [1.29, 1.82) is 0 Å². The molecule has 0 saturated heterocycles. The van der Waals surface area contributed by atoms with Crippen LogP contribution in [-0.2, 0) is 25.9 Å². The lowest BCUT2D eigenvalue weighted by molar-refractivity contribution is -0.147. The number of methoxy groups -OCH3 is 1. The van der Waals surface area contributed by atoms with E-state index in [4.69, 9.17) is 17.1 Å². The summed E-state index contributed by atoms with van der Waals surface area (Å²) < 4.78 is 29.6. The van der Waals surface area contributed by atoms with Gasteiger partial charge in [-0.05, 0) is 35.9 Å². The van der Waals surface area contributed by atoms with Gasteiger partial charge in [0.1, 0.15) is 5.75 Å². The fourth-order valence-corrected chi connectivity index (χ4v) is 4.43. The molecule has 136 valence electrons. The van der Waals surface area contributed by atoms with Crippen LogP contribution in [0.15, 0.2) is 53.7 Å². The van der Waals surface area contributed by atoms with Crippen LogP contribution in [0.2, 0.25) is 0 Å². The molecule has 1 unspecified atom stereocenters. The number of rotatable bonds is 7. The number of benzene rings is 1. The van der Waals surface area contributed by atoms with Crippen LogP contribution in [0.5, 0.6) is 5.75 Å². The van der Waals surface area contributed by atoms with Gasteiger partial charge in [0.05, 0.1) is 12.0 Å². The summed E-state index contributed by atoms with van der Waals surface area (Å²) in [5, 5.41) is 0. The number of pyridine rings is 1. The van der Waals surface area contributed by atoms with Gasteiger partial charge in [0.25, 0.3) is 0 Å². The lowest BCUT2D eigenvalue weighted by Crippen LogP contribution is -2.50. The van der Waals surface area contributed by atoms with Crippen molar-refractivity contribution in [3.63, 3.8) is 0 Å². The van der Waals surface area contributed by atoms with E-state index in [2.05, 4.69) is 15.7 Å². The zero-order chi connectivity index (χ0) is 19.2. The molecule has 0 amide bonds. The molecular weight excluding hydrogens is 356 g/mol. The van der Waals surface area contributed by atoms with E-state index < -0.39 is 27.0 Å². The molecular formula is C18H18N2O5S. The molecule has 7 nitrogen and oxygen atoms in total. The van der Waals surface area contributed by atoms with Gasteiger partial charge < -0.3 is 9.57 Å². The highest BCUT2D eigenvalue weighted by Crippen LogP contribution is 2.34. The molecule has 0 aliphatic heterocycles. The number of hydrogen-bond donors (Lipinski definition) is 1. The normalized spacial score (nSPS) is 13.3. The number of ether oxygens (including phenoxy) is 1. The summed E-state index contributed by atoms with van der Waals surface area (Å²) in [6.07, 6.45) is 7.74. The van der Waals surface area contributed by atoms with Crippen molar-refractivity contribution < 1.29 is 22.8 Å². The van der Waals surface area contributed by atoms with Crippen molar-refractivity contribution in [3.8, 4) is 18.1 Å². The third-order valence-electron chi connectivity index (χ3n) is 3.96. The molecule has 0 aliphatic rings. The molecule has 8 heteroatoms. The number of aromatic nitrogens is 1. The van der Waals surface area contributed by atoms with Gasteiger partial charge in [-0.25, -0.2) is 13.2 Å². The summed E-state index contributed by atoms with van der Waals surface area (Å²) >= 11 is 0. The molecule has 0 aliphatic carbocycles. The quantitative estimate of drug-likeness (QED) is 0.574. The van der Waals surface area contributed by atoms with Gasteiger partial charge in [0, 0.05) is 25.2 Å². The number of nitrogens with zero attached hydrogens (tertiary/aromatic N) is 1. The summed E-state index contributed by atoms with van der Waals surface area (Å²) in [5.41, 5.74) is 0.505. The Morgan fingerprint density at radius 1 is 1.31 bits per heavy atom. The minimum Gasteiger partial charge on any atom is -0.497 e. The molecule has 1 atom stereocenters. The Bertz CT molecular complexity index is 905. The van der Waals surface area contributed by atoms with E-state index in [1.807, 2.05) is 0 Å². The van der Waals surface area contributed by atoms with Gasteiger partial charge in [-0.1, -0.05) is 6.07 Å². The van der Waals surface area contributed by atoms with E-state index in [1.165, 1.54) is 43.8 Å². The van der Waals surface area contributed by atoms with Gasteiger partial charge in [-0.2, -0.15) is 5.90 Å². The zero-order valence-electron chi connectivity index (χ0n) is 14.1. The minimum absolute atomic E-state index is 0.0946. The van der Waals surface area contributed by atoms with Gasteiger partial charge in [0.2, 0.25) is 0 Å². The van der Waals surface area contributed by atoms with Crippen LogP contribution in [0.25, 0.3) is 0 Å². The van der Waals surface area contributed by atoms with E-state index in [9.17, 15) is 13.2 Å². The average Bonchev–Trinajstić information content (AvgIpc) is 2.67. The average molecular weight is 374 g/mol. The van der Waals surface area contributed by atoms with Crippen LogP contribution in [0, 0.1) is 12.3 Å². The first-order chi connectivity index (χ1) is 12.4. The molecule has 2 rings (SSSR count). The van der Waals surface area contributed by atoms with Crippen molar-refractivity contribution in [2.75, 3.05) is 7.11 Å². The first-order valence-electron chi connectivity index (χ1n) is 7.53. The maximum absolute atomic E-state index is 13.3. The maximum atomic E-state index is 13.3. The standard InChI is InChI=1S/C18H18N2O5S/c1-3-10-18(17(21)25-19,12-14-5-4-11-20-13-14)26(22,23)16-8-6-15(24-2)7-9-16/h1,4-9,11,13H,10,12,19H2,2H3. The molecule has 0 radical (unpaired) electrons. The molecule has 1 aromatic carbocycles. The monoisotopic (exact) mass is 374 g/mol. The van der Waals surface area contributed by atoms with Crippen molar-refractivity contribution in [1.82, 2.24) is 4.98 Å². The highest BCUT2D eigenvalue weighted by Gasteiger charge is 2.52. The Hall–Kier alpha value is -2.89. The third kappa shape index (κ3) is 3.54. The van der Waals surface area contributed by atoms with Crippen molar-refractivity contribution in [2.45, 2.75) is 22.5 Å². The number of hydrogen-bond acceptors (Lipinski definition) is 7. The van der Waals surface area contributed by atoms with E-state index in [-0.39, 0.29) is 11.3 Å². The Morgan fingerprint density at radius 2 is 2.00 bits per heavy atom. The molecule has 1 aromatic heterocycles. The first-order valence-corrected chi connectivity index (χ1v) is 9.02. The Morgan fingerprint density at radius 3 is 2.50 bits per heavy atom. The summed E-state index contributed by atoms with van der Waals surface area (Å²) in [4.78, 5) is 20.7. The fourth-order valence-electron chi connectivity index (χ4n) is 2.59. The van der Waals surface area contributed by atoms with E-state index in [1.54, 1.807) is 12.1 Å². The molecule has 2 aromatic rings. The van der Waals surface area contributed by atoms with Gasteiger partial charge in [-0.3, -0.25) is 4.98 Å². The molecule has 1 heterocycles. The van der Waals surface area contributed by atoms with E-state index >= 15 is 0 Å². The van der Waals surface area contributed by atoms with Crippen LogP contribution in [0.4, 0.5) is 0 Å². The third-order valence-corrected chi connectivity index (χ3v) is 6.34. The number of carbonyl (C=O) groups is 1. The largest absolute Gasteiger partial charge is 0.497 e. The van der Waals surface area contributed by atoms with Crippen LogP contribution in [-0.4, -0.2) is 31.2 Å². The summed E-state index contributed by atoms with van der Waals surface area (Å²) in [5.74, 6) is 6.65. The minimum atomic E-state index is -4.24. The number of carbonyl (C=O) groups excluding carboxylic acids is 1. The predicted octanol–water partition coefficient (Wildman–Crippen LogP) is 1.29. The second-order valence-electron chi connectivity index (χ2n) is 5.50. The SMILES string of the molecule is C#CCC(Cc1cccnc1)(C(=O)ON)S(=O)(=O)c1ccc(OC)cc1. The molecule has 26 heavy (non-hydrogen) atoms. The van der Waals surface area contributed by atoms with Crippen LogP contribution >= 0.6 is 0 Å². The lowest BCUT2D eigenvalue weighted by atomic mass is 9.96. The van der Waals surface area contributed by atoms with Crippen LogP contribution in [0.1, 0.15) is 12.0 Å². The topological polar surface area (TPSA) is 109 Å². The molecule has 0 spiro atoms. The van der Waals surface area contributed by atoms with Crippen LogP contribution in [0.3, 0.4) is 0 Å². The van der Waals surface area contributed by atoms with Crippen molar-refractivity contribution >= 4 is 15.8 Å². The highest BCUT2D eigenvalue weighted by molar-refractivity contribution is 7.93. The number of terminal acetylenes is 1. The zero-order valence-corrected chi connectivity index (χ0v) is 14.9. The van der Waals surface area contributed by atoms with Gasteiger partial charge >= 0.3 is 5.97 Å². The molecule has 0 fully saturated rings. The van der Waals surface area contributed by atoms with E-state index in [0.717, 1.165) is 0 Å². The summed E-state index contributed by atoms with van der Waals surface area (Å²) in [6.45, 7) is 0. The Balaban J connectivity index is 2.63. The second kappa shape index (κ2) is 7.99. The lowest BCUT2D eigenvalue weighted by Gasteiger charge is -2.28. The highest BCUT2D eigenvalue weighted by atomic mass is 32.2. The van der Waals surface area contributed by atoms with Crippen LogP contribution < -0.4 is 10.6 Å². The molecule has 2 N–H and O–H groups in total. The van der Waals surface area contributed by atoms with Gasteiger partial charge in [0.15, 0.2) is 14.6 Å². The predicted molar refractivity (Wildman–Crippen MR) is 94.6 cm³/mol. The number of sulfone groups is 1. The van der Waals surface area contributed by atoms with Gasteiger partial charge in [-0.15, -0.1) is 12.3 Å². The molecule has 0 saturated carbocycles. The smallest absolute Gasteiger partial charge is 0.347 e. The summed E-state index contributed by atoms with van der Waals surface area (Å²) in [6, 6.07) is 8.91. The second-order valence-corrected chi connectivity index (χ2v) is 7.76. The Labute approximate surface area is 152 Å². The molecule has 0 bridgehead atoms. The fraction of sp³-hybridized carbons (Fsp3) is 0.222. The Kier molecular flexibility index (Phi) is 5.97. The van der Waals surface area contributed by atoms with Crippen molar-refractivity contribution in [2.24, 2.45) is 5.90 Å². The summed E-state index contributed by atoms with van der Waals surface area (Å²) in [7, 11) is -2.78.